The minimum atomic E-state index is -0.273. The Morgan fingerprint density at radius 3 is 2.55 bits per heavy atom. The summed E-state index contributed by atoms with van der Waals surface area (Å²) in [5.74, 6) is 0.353. The quantitative estimate of drug-likeness (QED) is 0.838. The van der Waals surface area contributed by atoms with Gasteiger partial charge in [-0.3, -0.25) is 0 Å². The third kappa shape index (κ3) is 4.19. The zero-order valence-electron chi connectivity index (χ0n) is 12.4. The summed E-state index contributed by atoms with van der Waals surface area (Å²) in [4.78, 5) is 0. The number of rotatable bonds is 5. The van der Waals surface area contributed by atoms with E-state index >= 15 is 0 Å². The SMILES string of the molecule is CC(C)(C)NCCC1(Oc2ccc(Br)c(F)c2)CCC1. The molecule has 1 aromatic carbocycles. The Morgan fingerprint density at radius 1 is 1.35 bits per heavy atom. The molecule has 1 aliphatic rings. The number of ether oxygens (including phenoxy) is 1. The molecule has 1 fully saturated rings. The van der Waals surface area contributed by atoms with Crippen molar-refractivity contribution >= 4 is 15.9 Å². The second-order valence-electron chi connectivity index (χ2n) is 6.64. The Balaban J connectivity index is 1.95. The molecule has 0 atom stereocenters. The lowest BCUT2D eigenvalue weighted by Gasteiger charge is -2.42. The molecule has 0 bridgehead atoms. The van der Waals surface area contributed by atoms with Crippen LogP contribution in [0.1, 0.15) is 46.5 Å². The van der Waals surface area contributed by atoms with E-state index in [-0.39, 0.29) is 17.0 Å². The lowest BCUT2D eigenvalue weighted by Crippen LogP contribution is -2.47. The summed E-state index contributed by atoms with van der Waals surface area (Å²) in [7, 11) is 0. The van der Waals surface area contributed by atoms with Gasteiger partial charge in [0.1, 0.15) is 17.2 Å². The van der Waals surface area contributed by atoms with Crippen LogP contribution in [0.4, 0.5) is 4.39 Å². The fourth-order valence-electron chi connectivity index (χ4n) is 2.43. The molecule has 0 radical (unpaired) electrons. The Hall–Kier alpha value is -0.610. The molecule has 0 amide bonds. The van der Waals surface area contributed by atoms with Gasteiger partial charge in [-0.05, 0) is 81.1 Å². The summed E-state index contributed by atoms with van der Waals surface area (Å²) in [6, 6.07) is 4.98. The summed E-state index contributed by atoms with van der Waals surface area (Å²) in [6.45, 7) is 7.39. The van der Waals surface area contributed by atoms with Crippen LogP contribution < -0.4 is 10.1 Å². The van der Waals surface area contributed by atoms with Crippen molar-refractivity contribution in [1.82, 2.24) is 5.32 Å². The van der Waals surface area contributed by atoms with Crippen molar-refractivity contribution < 1.29 is 9.13 Å². The van der Waals surface area contributed by atoms with Crippen molar-refractivity contribution in [2.45, 2.75) is 57.6 Å². The van der Waals surface area contributed by atoms with Crippen molar-refractivity contribution in [1.29, 1.82) is 0 Å². The van der Waals surface area contributed by atoms with Gasteiger partial charge in [0.25, 0.3) is 0 Å². The molecule has 0 aromatic heterocycles. The molecule has 2 rings (SSSR count). The lowest BCUT2D eigenvalue weighted by molar-refractivity contribution is -0.0154. The van der Waals surface area contributed by atoms with E-state index in [0.717, 1.165) is 25.8 Å². The van der Waals surface area contributed by atoms with E-state index < -0.39 is 0 Å². The molecule has 0 unspecified atom stereocenters. The van der Waals surface area contributed by atoms with Gasteiger partial charge in [0.2, 0.25) is 0 Å². The van der Waals surface area contributed by atoms with Gasteiger partial charge in [-0.25, -0.2) is 4.39 Å². The van der Waals surface area contributed by atoms with Gasteiger partial charge >= 0.3 is 0 Å². The molecular weight excluding hydrogens is 321 g/mol. The molecule has 1 N–H and O–H groups in total. The van der Waals surface area contributed by atoms with E-state index in [2.05, 4.69) is 42.0 Å². The number of hydrogen-bond donors (Lipinski definition) is 1. The molecule has 0 saturated heterocycles. The van der Waals surface area contributed by atoms with Gasteiger partial charge in [0.05, 0.1) is 4.47 Å². The standard InChI is InChI=1S/C16H23BrFNO/c1-15(2,3)19-10-9-16(7-4-8-16)20-12-5-6-13(17)14(18)11-12/h5-6,11,19H,4,7-10H2,1-3H3. The van der Waals surface area contributed by atoms with Crippen LogP contribution in [0.5, 0.6) is 5.75 Å². The van der Waals surface area contributed by atoms with E-state index in [0.29, 0.717) is 10.2 Å². The summed E-state index contributed by atoms with van der Waals surface area (Å²) in [6.07, 6.45) is 4.25. The molecule has 2 nitrogen and oxygen atoms in total. The number of nitrogens with one attached hydrogen (secondary N) is 1. The second-order valence-corrected chi connectivity index (χ2v) is 7.50. The Kier molecular flexibility index (Phi) is 4.75. The first-order chi connectivity index (χ1) is 9.30. The van der Waals surface area contributed by atoms with Crippen LogP contribution in [-0.2, 0) is 0 Å². The van der Waals surface area contributed by atoms with Gasteiger partial charge in [0, 0.05) is 11.6 Å². The maximum atomic E-state index is 13.5. The minimum Gasteiger partial charge on any atom is -0.487 e. The largest absolute Gasteiger partial charge is 0.487 e. The van der Waals surface area contributed by atoms with Crippen LogP contribution in [0.15, 0.2) is 22.7 Å². The first kappa shape index (κ1) is 15.8. The molecule has 1 aromatic rings. The van der Waals surface area contributed by atoms with E-state index in [4.69, 9.17) is 4.74 Å². The highest BCUT2D eigenvalue weighted by Crippen LogP contribution is 2.39. The third-order valence-corrected chi connectivity index (χ3v) is 4.37. The van der Waals surface area contributed by atoms with Crippen LogP contribution in [0.25, 0.3) is 0 Å². The van der Waals surface area contributed by atoms with Crippen LogP contribution in [-0.4, -0.2) is 17.7 Å². The van der Waals surface area contributed by atoms with Crippen molar-refractivity contribution in [3.63, 3.8) is 0 Å². The normalized spacial score (nSPS) is 17.6. The summed E-state index contributed by atoms with van der Waals surface area (Å²) >= 11 is 3.16. The molecule has 1 saturated carbocycles. The molecule has 0 aliphatic heterocycles. The summed E-state index contributed by atoms with van der Waals surface area (Å²) < 4.78 is 20.1. The smallest absolute Gasteiger partial charge is 0.141 e. The highest BCUT2D eigenvalue weighted by molar-refractivity contribution is 9.10. The zero-order chi connectivity index (χ0) is 14.8. The van der Waals surface area contributed by atoms with Gasteiger partial charge in [0.15, 0.2) is 0 Å². The van der Waals surface area contributed by atoms with Crippen LogP contribution >= 0.6 is 15.9 Å². The molecule has 1 aliphatic carbocycles. The highest BCUT2D eigenvalue weighted by Gasteiger charge is 2.39. The summed E-state index contributed by atoms with van der Waals surface area (Å²) in [5.41, 5.74) is 0.00712. The maximum Gasteiger partial charge on any atom is 0.141 e. The third-order valence-electron chi connectivity index (χ3n) is 3.73. The second kappa shape index (κ2) is 6.02. The lowest BCUT2D eigenvalue weighted by atomic mass is 9.77. The van der Waals surface area contributed by atoms with Crippen molar-refractivity contribution in [2.24, 2.45) is 0 Å². The van der Waals surface area contributed by atoms with Gasteiger partial charge in [-0.2, -0.15) is 0 Å². The Morgan fingerprint density at radius 2 is 2.05 bits per heavy atom. The van der Waals surface area contributed by atoms with Gasteiger partial charge in [-0.1, -0.05) is 0 Å². The van der Waals surface area contributed by atoms with Crippen LogP contribution in [0.3, 0.4) is 0 Å². The van der Waals surface area contributed by atoms with E-state index in [1.807, 2.05) is 6.07 Å². The van der Waals surface area contributed by atoms with E-state index in [9.17, 15) is 4.39 Å². The molecule has 0 heterocycles. The number of benzene rings is 1. The summed E-state index contributed by atoms with van der Waals surface area (Å²) in [5, 5.41) is 3.49. The predicted molar refractivity (Wildman–Crippen MR) is 83.7 cm³/mol. The fraction of sp³-hybridized carbons (Fsp3) is 0.625. The fourth-order valence-corrected chi connectivity index (χ4v) is 2.68. The molecule has 20 heavy (non-hydrogen) atoms. The van der Waals surface area contributed by atoms with Gasteiger partial charge in [-0.15, -0.1) is 0 Å². The predicted octanol–water partition coefficient (Wildman–Crippen LogP) is 4.67. The molecule has 4 heteroatoms. The Bertz CT molecular complexity index is 466. The van der Waals surface area contributed by atoms with E-state index in [1.165, 1.54) is 12.5 Å². The molecular formula is C16H23BrFNO. The zero-order valence-corrected chi connectivity index (χ0v) is 14.0. The number of hydrogen-bond acceptors (Lipinski definition) is 2. The topological polar surface area (TPSA) is 21.3 Å². The highest BCUT2D eigenvalue weighted by atomic mass is 79.9. The number of halogens is 2. The first-order valence-electron chi connectivity index (χ1n) is 7.19. The van der Waals surface area contributed by atoms with Crippen molar-refractivity contribution in [3.8, 4) is 5.75 Å². The monoisotopic (exact) mass is 343 g/mol. The molecule has 112 valence electrons. The van der Waals surface area contributed by atoms with Crippen LogP contribution in [0.2, 0.25) is 0 Å². The average Bonchev–Trinajstić information content (AvgIpc) is 2.29. The van der Waals surface area contributed by atoms with Crippen molar-refractivity contribution in [3.05, 3.63) is 28.5 Å². The first-order valence-corrected chi connectivity index (χ1v) is 7.98. The molecule has 0 spiro atoms. The minimum absolute atomic E-state index is 0.113. The Labute approximate surface area is 129 Å². The van der Waals surface area contributed by atoms with Crippen LogP contribution in [0, 0.1) is 5.82 Å². The average molecular weight is 344 g/mol. The maximum absolute atomic E-state index is 13.5. The van der Waals surface area contributed by atoms with Gasteiger partial charge < -0.3 is 10.1 Å². The van der Waals surface area contributed by atoms with E-state index in [1.54, 1.807) is 6.07 Å². The van der Waals surface area contributed by atoms with Crippen molar-refractivity contribution in [2.75, 3.05) is 6.54 Å².